The SMILES string of the molecule is NC(=O)C1C(=O)C[C@@H]2[C@@H](OC(=O)C3CCCCC3)[C@H]3C(C(=O)c4c(O)cccc4[C@@H]3CSC3CCCC3)C(=O)[C@]2(O)C1=O. The average molecular weight is 612 g/mol. The highest BCUT2D eigenvalue weighted by Crippen LogP contribution is 2.56. The van der Waals surface area contributed by atoms with Gasteiger partial charge in [-0.05, 0) is 37.3 Å². The highest BCUT2D eigenvalue weighted by molar-refractivity contribution is 7.99. The van der Waals surface area contributed by atoms with Crippen LogP contribution in [0.3, 0.4) is 0 Å². The maximum atomic E-state index is 14.3. The third-order valence-electron chi connectivity index (χ3n) is 10.5. The molecule has 1 aromatic carbocycles. The number of ether oxygens (including phenoxy) is 1. The number of carbonyl (C=O) groups is 6. The van der Waals surface area contributed by atoms with E-state index in [4.69, 9.17) is 10.5 Å². The molecule has 5 aliphatic carbocycles. The van der Waals surface area contributed by atoms with Crippen molar-refractivity contribution < 1.29 is 43.7 Å². The molecule has 1 aromatic rings. The molecule has 0 radical (unpaired) electrons. The van der Waals surface area contributed by atoms with Crippen LogP contribution in [0.4, 0.5) is 0 Å². The molecule has 0 aliphatic heterocycles. The van der Waals surface area contributed by atoms with E-state index in [1.807, 2.05) is 0 Å². The summed E-state index contributed by atoms with van der Waals surface area (Å²) in [6.07, 6.45) is 6.20. The molecule has 4 fully saturated rings. The number of nitrogens with two attached hydrogens (primary N) is 1. The van der Waals surface area contributed by atoms with Crippen LogP contribution in [-0.4, -0.2) is 67.9 Å². The van der Waals surface area contributed by atoms with Crippen molar-refractivity contribution in [1.29, 1.82) is 0 Å². The first kappa shape index (κ1) is 30.0. The molecule has 0 spiro atoms. The van der Waals surface area contributed by atoms with Crippen molar-refractivity contribution in [2.45, 2.75) is 87.1 Å². The van der Waals surface area contributed by atoms with Gasteiger partial charge in [0.25, 0.3) is 0 Å². The minimum atomic E-state index is -2.94. The number of hydrogen-bond donors (Lipinski definition) is 3. The van der Waals surface area contributed by atoms with Crippen LogP contribution in [-0.2, 0) is 28.7 Å². The van der Waals surface area contributed by atoms with Gasteiger partial charge in [0.05, 0.1) is 17.4 Å². The Labute approximate surface area is 253 Å². The van der Waals surface area contributed by atoms with E-state index in [1.54, 1.807) is 23.9 Å². The predicted octanol–water partition coefficient (Wildman–Crippen LogP) is 2.65. The lowest BCUT2D eigenvalue weighted by Gasteiger charge is -2.54. The molecule has 4 N–H and O–H groups in total. The van der Waals surface area contributed by atoms with Crippen molar-refractivity contribution >= 4 is 46.8 Å². The summed E-state index contributed by atoms with van der Waals surface area (Å²) in [5.74, 6) is -13.0. The number of aliphatic hydroxyl groups is 1. The van der Waals surface area contributed by atoms with Crippen LogP contribution >= 0.6 is 11.8 Å². The number of carbonyl (C=O) groups excluding carboxylic acids is 6. The van der Waals surface area contributed by atoms with Gasteiger partial charge < -0.3 is 20.7 Å². The fourth-order valence-corrected chi connectivity index (χ4v) is 9.87. The Morgan fingerprint density at radius 2 is 1.65 bits per heavy atom. The summed E-state index contributed by atoms with van der Waals surface area (Å²) in [4.78, 5) is 81.0. The molecule has 11 heteroatoms. The van der Waals surface area contributed by atoms with Crippen LogP contribution in [0.2, 0.25) is 0 Å². The number of aromatic hydroxyl groups is 1. The Morgan fingerprint density at radius 3 is 2.33 bits per heavy atom. The number of hydrogen-bond acceptors (Lipinski definition) is 10. The number of thioether (sulfide) groups is 1. The van der Waals surface area contributed by atoms with E-state index in [2.05, 4.69) is 0 Å². The number of amides is 1. The smallest absolute Gasteiger partial charge is 0.309 e. The highest BCUT2D eigenvalue weighted by atomic mass is 32.2. The number of ketones is 4. The summed E-state index contributed by atoms with van der Waals surface area (Å²) in [6, 6.07) is 4.68. The molecule has 43 heavy (non-hydrogen) atoms. The second-order valence-corrected chi connectivity index (χ2v) is 14.2. The molecule has 0 saturated heterocycles. The zero-order chi connectivity index (χ0) is 30.6. The molecule has 1 amide bonds. The summed E-state index contributed by atoms with van der Waals surface area (Å²) in [7, 11) is 0. The van der Waals surface area contributed by atoms with Gasteiger partial charge >= 0.3 is 5.97 Å². The Balaban J connectivity index is 1.49. The molecule has 7 atom stereocenters. The standard InChI is InChI=1S/C32H37NO9S/c33-30(39)24-21(35)13-19-27(42-31(40)15-7-2-1-3-8-15)23-18(14-43-16-9-4-5-10-16)17-11-6-12-20(34)22(17)26(36)25(23)29(38)32(19,41)28(24)37/h6,11-12,15-16,18-19,23-25,27,34,41H,1-5,7-10,13-14H2,(H2,33,39)/t18-,19+,23+,24?,25?,27+,32+/m0/s1. The zero-order valence-corrected chi connectivity index (χ0v) is 24.7. The van der Waals surface area contributed by atoms with E-state index < -0.39 is 88.6 Å². The lowest BCUT2D eigenvalue weighted by molar-refractivity contribution is -0.200. The predicted molar refractivity (Wildman–Crippen MR) is 154 cm³/mol. The molecule has 0 aromatic heterocycles. The van der Waals surface area contributed by atoms with Crippen molar-refractivity contribution in [2.24, 2.45) is 35.3 Å². The topological polar surface area (TPSA) is 178 Å². The van der Waals surface area contributed by atoms with E-state index in [-0.39, 0.29) is 11.3 Å². The van der Waals surface area contributed by atoms with E-state index in [1.165, 1.54) is 6.07 Å². The number of fused-ring (bicyclic) bond motifs is 3. The molecule has 230 valence electrons. The van der Waals surface area contributed by atoms with Gasteiger partial charge in [0.15, 0.2) is 34.7 Å². The van der Waals surface area contributed by atoms with Crippen LogP contribution in [0.5, 0.6) is 5.75 Å². The molecule has 6 rings (SSSR count). The second kappa shape index (κ2) is 11.5. The summed E-state index contributed by atoms with van der Waals surface area (Å²) < 4.78 is 6.18. The zero-order valence-electron chi connectivity index (χ0n) is 23.9. The first-order valence-electron chi connectivity index (χ1n) is 15.4. The van der Waals surface area contributed by atoms with Gasteiger partial charge in [0.1, 0.15) is 11.9 Å². The van der Waals surface area contributed by atoms with Crippen LogP contribution in [0.15, 0.2) is 18.2 Å². The third kappa shape index (κ3) is 4.83. The largest absolute Gasteiger partial charge is 0.507 e. The number of rotatable bonds is 6. The molecular weight excluding hydrogens is 574 g/mol. The molecular formula is C32H37NO9S. The van der Waals surface area contributed by atoms with E-state index in [0.717, 1.165) is 44.9 Å². The van der Waals surface area contributed by atoms with Crippen molar-refractivity contribution in [3.05, 3.63) is 29.3 Å². The first-order chi connectivity index (χ1) is 20.6. The third-order valence-corrected chi connectivity index (χ3v) is 12.0. The molecule has 2 unspecified atom stereocenters. The monoisotopic (exact) mass is 611 g/mol. The Kier molecular flexibility index (Phi) is 8.00. The lowest BCUT2D eigenvalue weighted by atomic mass is 9.50. The van der Waals surface area contributed by atoms with Crippen LogP contribution < -0.4 is 5.73 Å². The lowest BCUT2D eigenvalue weighted by Crippen LogP contribution is -2.73. The van der Waals surface area contributed by atoms with Crippen molar-refractivity contribution in [3.8, 4) is 5.75 Å². The van der Waals surface area contributed by atoms with Gasteiger partial charge in [-0.25, -0.2) is 0 Å². The average Bonchev–Trinajstić information content (AvgIpc) is 3.50. The number of phenolic OH excluding ortho intramolecular Hbond substituents is 1. The van der Waals surface area contributed by atoms with Gasteiger partial charge in [-0.2, -0.15) is 11.8 Å². The number of primary amides is 1. The first-order valence-corrected chi connectivity index (χ1v) is 16.4. The second-order valence-electron chi connectivity index (χ2n) is 12.9. The minimum Gasteiger partial charge on any atom is -0.507 e. The number of benzene rings is 1. The molecule has 10 nitrogen and oxygen atoms in total. The number of Topliss-reactive ketones (excluding diaryl/α,β-unsaturated/α-hetero) is 4. The highest BCUT2D eigenvalue weighted by Gasteiger charge is 2.71. The minimum absolute atomic E-state index is 0.0562. The van der Waals surface area contributed by atoms with E-state index in [9.17, 15) is 39.0 Å². The Morgan fingerprint density at radius 1 is 0.977 bits per heavy atom. The van der Waals surface area contributed by atoms with Crippen molar-refractivity contribution in [3.63, 3.8) is 0 Å². The number of esters is 1. The van der Waals surface area contributed by atoms with E-state index >= 15 is 0 Å². The number of phenols is 1. The van der Waals surface area contributed by atoms with Gasteiger partial charge in [0, 0.05) is 35.2 Å². The summed E-state index contributed by atoms with van der Waals surface area (Å²) in [6.45, 7) is 0. The summed E-state index contributed by atoms with van der Waals surface area (Å²) >= 11 is 1.70. The Hall–Kier alpha value is -3.05. The summed E-state index contributed by atoms with van der Waals surface area (Å²) in [5, 5.41) is 23.1. The van der Waals surface area contributed by atoms with Crippen molar-refractivity contribution in [2.75, 3.05) is 5.75 Å². The van der Waals surface area contributed by atoms with Crippen LogP contribution in [0.1, 0.15) is 86.0 Å². The van der Waals surface area contributed by atoms with Crippen LogP contribution in [0.25, 0.3) is 0 Å². The van der Waals surface area contributed by atoms with Crippen molar-refractivity contribution in [1.82, 2.24) is 0 Å². The van der Waals surface area contributed by atoms with Gasteiger partial charge in [-0.1, -0.05) is 44.2 Å². The fraction of sp³-hybridized carbons (Fsp3) is 0.625. The van der Waals surface area contributed by atoms with E-state index in [0.29, 0.717) is 29.4 Å². The summed E-state index contributed by atoms with van der Waals surface area (Å²) in [5.41, 5.74) is 2.88. The van der Waals surface area contributed by atoms with Gasteiger partial charge in [-0.3, -0.25) is 28.8 Å². The molecule has 5 aliphatic rings. The Bertz CT molecular complexity index is 1380. The quantitative estimate of drug-likeness (QED) is 0.320. The normalized spacial score (nSPS) is 34.8. The fourth-order valence-electron chi connectivity index (χ4n) is 8.32. The maximum Gasteiger partial charge on any atom is 0.309 e. The molecule has 4 saturated carbocycles. The van der Waals surface area contributed by atoms with Gasteiger partial charge in [0.2, 0.25) is 5.91 Å². The molecule has 0 bridgehead atoms. The van der Waals surface area contributed by atoms with Crippen LogP contribution in [0, 0.1) is 29.6 Å². The van der Waals surface area contributed by atoms with Gasteiger partial charge in [-0.15, -0.1) is 0 Å². The molecule has 0 heterocycles. The maximum absolute atomic E-state index is 14.3.